The molecule has 1 aromatic carbocycles. The summed E-state index contributed by atoms with van der Waals surface area (Å²) in [5.41, 5.74) is 4.68. The first kappa shape index (κ1) is 19.2. The number of hydrogen-bond donors (Lipinski definition) is 2. The van der Waals surface area contributed by atoms with Gasteiger partial charge in [-0.3, -0.25) is 9.79 Å². The third kappa shape index (κ3) is 3.50. The number of piperidine rings is 1. The van der Waals surface area contributed by atoms with E-state index in [2.05, 4.69) is 20.3 Å². The minimum atomic E-state index is -4.72. The third-order valence-corrected chi connectivity index (χ3v) is 5.30. The second-order valence-electron chi connectivity index (χ2n) is 7.15. The lowest BCUT2D eigenvalue weighted by Gasteiger charge is -2.27. The first-order valence-electron chi connectivity index (χ1n) is 9.14. The summed E-state index contributed by atoms with van der Waals surface area (Å²) in [6.07, 6.45) is 0.520. The van der Waals surface area contributed by atoms with Gasteiger partial charge >= 0.3 is 6.18 Å². The molecule has 2 bridgehead atoms. The van der Waals surface area contributed by atoms with Crippen LogP contribution >= 0.6 is 0 Å². The SMILES string of the molecule is CN=C/C(Nc1ncc2ccc(N3C(=O)C4CCC3C4)cc2n1)=C(\N)C(F)(F)F. The van der Waals surface area contributed by atoms with E-state index in [0.717, 1.165) is 31.2 Å². The van der Waals surface area contributed by atoms with E-state index >= 15 is 0 Å². The highest BCUT2D eigenvalue weighted by Gasteiger charge is 2.45. The number of nitrogens with zero attached hydrogens (tertiary/aromatic N) is 4. The molecule has 2 unspecified atom stereocenters. The van der Waals surface area contributed by atoms with E-state index in [4.69, 9.17) is 5.73 Å². The van der Waals surface area contributed by atoms with Crippen molar-refractivity contribution in [2.24, 2.45) is 16.6 Å². The fourth-order valence-corrected chi connectivity index (χ4v) is 3.92. The van der Waals surface area contributed by atoms with Crippen molar-refractivity contribution < 1.29 is 18.0 Å². The molecule has 1 saturated heterocycles. The maximum Gasteiger partial charge on any atom is 0.432 e. The highest BCUT2D eigenvalue weighted by molar-refractivity contribution is 6.00. The van der Waals surface area contributed by atoms with Crippen molar-refractivity contribution >= 4 is 34.7 Å². The standard InChI is InChI=1S/C19H19F3N6O/c1-24-9-15(16(23)19(20,21)22)27-18-25-8-11-3-5-13(7-14(11)26-18)28-12-4-2-10(6-12)17(28)29/h3,5,7-10,12H,2,4,6,23H2,1H3,(H,25,26,27)/b16-15+,24-9?. The van der Waals surface area contributed by atoms with Crippen LogP contribution in [0, 0.1) is 5.92 Å². The van der Waals surface area contributed by atoms with Crippen LogP contribution < -0.4 is 16.0 Å². The van der Waals surface area contributed by atoms with Gasteiger partial charge in [-0.1, -0.05) is 0 Å². The number of nitrogens with two attached hydrogens (primary N) is 1. The predicted octanol–water partition coefficient (Wildman–Crippen LogP) is 2.99. The number of rotatable bonds is 4. The Hall–Kier alpha value is -3.17. The average molecular weight is 404 g/mol. The van der Waals surface area contributed by atoms with E-state index < -0.39 is 17.6 Å². The average Bonchev–Trinajstić information content (AvgIpc) is 3.27. The van der Waals surface area contributed by atoms with Crippen LogP contribution in [0.1, 0.15) is 19.3 Å². The number of carbonyl (C=O) groups excluding carboxylic acids is 1. The zero-order chi connectivity index (χ0) is 20.8. The van der Waals surface area contributed by atoms with Gasteiger partial charge in [-0.2, -0.15) is 13.2 Å². The van der Waals surface area contributed by atoms with Crippen molar-refractivity contribution in [1.82, 2.24) is 9.97 Å². The highest BCUT2D eigenvalue weighted by Crippen LogP contribution is 2.41. The van der Waals surface area contributed by atoms with Crippen LogP contribution in [0.25, 0.3) is 10.9 Å². The number of allylic oxidation sites excluding steroid dienone is 2. The number of benzene rings is 1. The van der Waals surface area contributed by atoms with Crippen LogP contribution in [0.3, 0.4) is 0 Å². The minimum absolute atomic E-state index is 0.0500. The zero-order valence-electron chi connectivity index (χ0n) is 15.6. The zero-order valence-corrected chi connectivity index (χ0v) is 15.6. The van der Waals surface area contributed by atoms with Crippen LogP contribution in [0.2, 0.25) is 0 Å². The van der Waals surface area contributed by atoms with Gasteiger partial charge in [0.25, 0.3) is 0 Å². The Kier molecular flexibility index (Phi) is 4.64. The first-order chi connectivity index (χ1) is 13.8. The number of anilines is 2. The summed E-state index contributed by atoms with van der Waals surface area (Å²) in [6, 6.07) is 5.59. The van der Waals surface area contributed by atoms with Gasteiger partial charge in [0.15, 0.2) is 0 Å². The van der Waals surface area contributed by atoms with Gasteiger partial charge < -0.3 is 16.0 Å². The van der Waals surface area contributed by atoms with Crippen molar-refractivity contribution in [3.05, 3.63) is 35.8 Å². The van der Waals surface area contributed by atoms with Crippen molar-refractivity contribution in [3.63, 3.8) is 0 Å². The van der Waals surface area contributed by atoms with Gasteiger partial charge in [-0.25, -0.2) is 9.97 Å². The molecule has 2 aliphatic rings. The molecule has 7 nitrogen and oxygen atoms in total. The van der Waals surface area contributed by atoms with Gasteiger partial charge in [-0.05, 0) is 37.5 Å². The predicted molar refractivity (Wildman–Crippen MR) is 103 cm³/mol. The molecule has 10 heteroatoms. The lowest BCUT2D eigenvalue weighted by Crippen LogP contribution is -2.36. The maximum absolute atomic E-state index is 13.0. The smallest absolute Gasteiger partial charge is 0.393 e. The molecule has 29 heavy (non-hydrogen) atoms. The molecule has 1 amide bonds. The largest absolute Gasteiger partial charge is 0.432 e. The van der Waals surface area contributed by atoms with E-state index in [9.17, 15) is 18.0 Å². The van der Waals surface area contributed by atoms with Crippen LogP contribution in [0.4, 0.5) is 24.8 Å². The minimum Gasteiger partial charge on any atom is -0.393 e. The Labute approximate surface area is 164 Å². The Morgan fingerprint density at radius 3 is 2.83 bits per heavy atom. The molecule has 1 aliphatic carbocycles. The number of aliphatic imine (C=N–C) groups is 1. The molecular formula is C19H19F3N6O. The molecule has 152 valence electrons. The summed E-state index contributed by atoms with van der Waals surface area (Å²) in [4.78, 5) is 26.3. The molecule has 2 fully saturated rings. The Morgan fingerprint density at radius 1 is 1.38 bits per heavy atom. The quantitative estimate of drug-likeness (QED) is 0.764. The molecule has 2 heterocycles. The van der Waals surface area contributed by atoms with E-state index in [1.807, 2.05) is 6.07 Å². The van der Waals surface area contributed by atoms with Crippen LogP contribution in [0.5, 0.6) is 0 Å². The van der Waals surface area contributed by atoms with E-state index in [1.54, 1.807) is 17.0 Å². The van der Waals surface area contributed by atoms with E-state index in [0.29, 0.717) is 10.9 Å². The summed E-state index contributed by atoms with van der Waals surface area (Å²) in [5, 5.41) is 3.19. The molecule has 3 N–H and O–H groups in total. The summed E-state index contributed by atoms with van der Waals surface area (Å²) in [5.74, 6) is 0.158. The second kappa shape index (κ2) is 7.02. The summed E-state index contributed by atoms with van der Waals surface area (Å²) in [7, 11) is 1.33. The van der Waals surface area contributed by atoms with E-state index in [-0.39, 0.29) is 23.8 Å². The van der Waals surface area contributed by atoms with Gasteiger partial charge in [0, 0.05) is 42.5 Å². The van der Waals surface area contributed by atoms with Crippen LogP contribution in [-0.4, -0.2) is 41.4 Å². The second-order valence-corrected chi connectivity index (χ2v) is 7.15. The third-order valence-electron chi connectivity index (χ3n) is 5.30. The fraction of sp³-hybridized carbons (Fsp3) is 0.368. The van der Waals surface area contributed by atoms with Crippen molar-refractivity contribution in [3.8, 4) is 0 Å². The molecule has 2 atom stereocenters. The number of amides is 1. The highest BCUT2D eigenvalue weighted by atomic mass is 19.4. The summed E-state index contributed by atoms with van der Waals surface area (Å²) < 4.78 is 38.9. The topological polar surface area (TPSA) is 96.5 Å². The van der Waals surface area contributed by atoms with Gasteiger partial charge in [-0.15, -0.1) is 0 Å². The Morgan fingerprint density at radius 2 is 2.17 bits per heavy atom. The molecule has 0 spiro atoms. The van der Waals surface area contributed by atoms with Crippen molar-refractivity contribution in [1.29, 1.82) is 0 Å². The number of hydrogen-bond acceptors (Lipinski definition) is 6. The number of nitrogens with one attached hydrogen (secondary N) is 1. The first-order valence-corrected chi connectivity index (χ1v) is 9.14. The molecular weight excluding hydrogens is 385 g/mol. The molecule has 1 aromatic heterocycles. The number of alkyl halides is 3. The van der Waals surface area contributed by atoms with Gasteiger partial charge in [0.1, 0.15) is 5.70 Å². The van der Waals surface area contributed by atoms with Crippen LogP contribution in [-0.2, 0) is 4.79 Å². The normalized spacial score (nSPS) is 22.6. The van der Waals surface area contributed by atoms with Crippen LogP contribution in [0.15, 0.2) is 40.8 Å². The number of aromatic nitrogens is 2. The number of halogens is 3. The van der Waals surface area contributed by atoms with Crippen molar-refractivity contribution in [2.75, 3.05) is 17.3 Å². The van der Waals surface area contributed by atoms with Crippen molar-refractivity contribution in [2.45, 2.75) is 31.5 Å². The maximum atomic E-state index is 13.0. The van der Waals surface area contributed by atoms with Gasteiger partial charge in [0.05, 0.1) is 11.2 Å². The molecule has 1 saturated carbocycles. The number of carbonyl (C=O) groups is 1. The lowest BCUT2D eigenvalue weighted by molar-refractivity contribution is -0.121. The fourth-order valence-electron chi connectivity index (χ4n) is 3.92. The van der Waals surface area contributed by atoms with Gasteiger partial charge in [0.2, 0.25) is 11.9 Å². The Balaban J connectivity index is 1.67. The monoisotopic (exact) mass is 404 g/mol. The molecule has 0 radical (unpaired) electrons. The van der Waals surface area contributed by atoms with E-state index in [1.165, 1.54) is 13.2 Å². The summed E-state index contributed by atoms with van der Waals surface area (Å²) in [6.45, 7) is 0. The summed E-state index contributed by atoms with van der Waals surface area (Å²) >= 11 is 0. The molecule has 2 aromatic rings. The molecule has 4 rings (SSSR count). The number of fused-ring (bicyclic) bond motifs is 3. The molecule has 1 aliphatic heterocycles. The Bertz CT molecular complexity index is 1030. The lowest BCUT2D eigenvalue weighted by atomic mass is 10.1.